The third kappa shape index (κ3) is 2.31. The first kappa shape index (κ1) is 13.8. The summed E-state index contributed by atoms with van der Waals surface area (Å²) < 4.78 is 3.15. The molecule has 106 valence electrons. The molecule has 0 bridgehead atoms. The number of pyridine rings is 1. The van der Waals surface area contributed by atoms with Crippen molar-refractivity contribution in [1.82, 2.24) is 9.55 Å². The van der Waals surface area contributed by atoms with Gasteiger partial charge in [-0.15, -0.1) is 0 Å². The zero-order valence-corrected chi connectivity index (χ0v) is 13.6. The molecular weight excluding hydrogens is 316 g/mol. The molecule has 20 heavy (non-hydrogen) atoms. The second-order valence-corrected chi connectivity index (χ2v) is 7.33. The van der Waals surface area contributed by atoms with E-state index in [1.165, 1.54) is 5.69 Å². The summed E-state index contributed by atoms with van der Waals surface area (Å²) in [6.07, 6.45) is 3.22. The molecule has 1 aliphatic carbocycles. The van der Waals surface area contributed by atoms with Gasteiger partial charge in [-0.3, -0.25) is 0 Å². The smallest absolute Gasteiger partial charge is 0.137 e. The number of fused-ring (bicyclic) bond motifs is 1. The van der Waals surface area contributed by atoms with Crippen LogP contribution >= 0.6 is 15.9 Å². The first-order valence-electron chi connectivity index (χ1n) is 6.88. The first-order chi connectivity index (χ1) is 9.37. The van der Waals surface area contributed by atoms with E-state index in [1.807, 2.05) is 18.3 Å². The van der Waals surface area contributed by atoms with Gasteiger partial charge in [0.2, 0.25) is 0 Å². The molecule has 1 aliphatic rings. The Bertz CT molecular complexity index is 643. The zero-order valence-electron chi connectivity index (χ0n) is 12.0. The van der Waals surface area contributed by atoms with E-state index in [0.29, 0.717) is 0 Å². The Labute approximate surface area is 127 Å². The number of rotatable bonds is 1. The van der Waals surface area contributed by atoms with Crippen LogP contribution in [0.25, 0.3) is 5.82 Å². The van der Waals surface area contributed by atoms with Gasteiger partial charge < -0.3 is 9.67 Å². The second kappa shape index (κ2) is 4.71. The number of aromatic nitrogens is 2. The van der Waals surface area contributed by atoms with Crippen LogP contribution in [0.5, 0.6) is 0 Å². The second-order valence-electron chi connectivity index (χ2n) is 6.42. The molecule has 0 aliphatic heterocycles. The van der Waals surface area contributed by atoms with Crippen LogP contribution in [0.4, 0.5) is 0 Å². The largest absolute Gasteiger partial charge is 0.388 e. The highest BCUT2D eigenvalue weighted by Gasteiger charge is 2.34. The molecule has 0 saturated heterocycles. The molecule has 2 aromatic heterocycles. The fourth-order valence-corrected chi connectivity index (χ4v) is 3.40. The lowest BCUT2D eigenvalue weighted by Crippen LogP contribution is -2.26. The lowest BCUT2D eigenvalue weighted by Gasteiger charge is -2.33. The third-order valence-corrected chi connectivity index (χ3v) is 4.48. The van der Waals surface area contributed by atoms with Crippen LogP contribution in [0.15, 0.2) is 28.9 Å². The number of nitrogens with zero attached hydrogens (tertiary/aromatic N) is 2. The molecule has 0 spiro atoms. The molecule has 0 aromatic carbocycles. The Hall–Kier alpha value is -1.13. The van der Waals surface area contributed by atoms with E-state index < -0.39 is 0 Å². The molecule has 1 atom stereocenters. The van der Waals surface area contributed by atoms with Gasteiger partial charge in [-0.25, -0.2) is 4.98 Å². The summed E-state index contributed by atoms with van der Waals surface area (Å²) in [6.45, 7) is 6.49. The molecule has 0 radical (unpaired) electrons. The highest BCUT2D eigenvalue weighted by atomic mass is 79.9. The van der Waals surface area contributed by atoms with Gasteiger partial charge in [0.1, 0.15) is 5.82 Å². The molecule has 2 aromatic rings. The molecule has 2 heterocycles. The summed E-state index contributed by atoms with van der Waals surface area (Å²) in [6, 6.07) is 6.10. The summed E-state index contributed by atoms with van der Waals surface area (Å²) in [7, 11) is 0. The number of aliphatic hydroxyl groups excluding tert-OH is 1. The summed E-state index contributed by atoms with van der Waals surface area (Å²) in [5.41, 5.74) is 3.50. The lowest BCUT2D eigenvalue weighted by atomic mass is 9.75. The zero-order chi connectivity index (χ0) is 14.5. The molecular formula is C16H19BrN2O. The monoisotopic (exact) mass is 334 g/mol. The van der Waals surface area contributed by atoms with Crippen LogP contribution in [0.3, 0.4) is 0 Å². The van der Waals surface area contributed by atoms with Gasteiger partial charge in [0, 0.05) is 27.6 Å². The van der Waals surface area contributed by atoms with E-state index in [-0.39, 0.29) is 11.5 Å². The van der Waals surface area contributed by atoms with Crippen LogP contribution in [-0.2, 0) is 6.42 Å². The lowest BCUT2D eigenvalue weighted by molar-refractivity contribution is 0.0986. The van der Waals surface area contributed by atoms with E-state index in [2.05, 4.69) is 52.3 Å². The number of aryl methyl sites for hydroxylation is 1. The third-order valence-electron chi connectivity index (χ3n) is 4.01. The van der Waals surface area contributed by atoms with Crippen molar-refractivity contribution in [3.63, 3.8) is 0 Å². The molecule has 3 rings (SSSR count). The molecule has 0 fully saturated rings. The topological polar surface area (TPSA) is 38.0 Å². The normalized spacial score (nSPS) is 20.8. The average molecular weight is 335 g/mol. The predicted octanol–water partition coefficient (Wildman–Crippen LogP) is 3.95. The highest BCUT2D eigenvalue weighted by molar-refractivity contribution is 9.10. The minimum absolute atomic E-state index is 0.115. The number of aliphatic hydroxyl groups is 1. The molecule has 0 amide bonds. The molecule has 1 N–H and O–H groups in total. The summed E-state index contributed by atoms with van der Waals surface area (Å²) >= 11 is 3.42. The molecule has 4 heteroatoms. The fraction of sp³-hybridized carbons (Fsp3) is 0.438. The van der Waals surface area contributed by atoms with Crippen molar-refractivity contribution in [2.24, 2.45) is 5.41 Å². The van der Waals surface area contributed by atoms with Crippen molar-refractivity contribution in [2.45, 2.75) is 39.7 Å². The van der Waals surface area contributed by atoms with Crippen LogP contribution in [0.2, 0.25) is 0 Å². The van der Waals surface area contributed by atoms with E-state index in [9.17, 15) is 5.11 Å². The maximum Gasteiger partial charge on any atom is 0.137 e. The molecule has 0 saturated carbocycles. The van der Waals surface area contributed by atoms with Gasteiger partial charge in [-0.1, -0.05) is 13.8 Å². The predicted molar refractivity (Wildman–Crippen MR) is 83.1 cm³/mol. The van der Waals surface area contributed by atoms with Crippen LogP contribution in [0, 0.1) is 12.3 Å². The average Bonchev–Trinajstić information content (AvgIpc) is 2.66. The quantitative estimate of drug-likeness (QED) is 0.857. The van der Waals surface area contributed by atoms with Crippen molar-refractivity contribution in [3.05, 3.63) is 45.8 Å². The van der Waals surface area contributed by atoms with Crippen LogP contribution in [0.1, 0.15) is 43.3 Å². The minimum atomic E-state index is -0.371. The Kier molecular flexibility index (Phi) is 3.26. The highest BCUT2D eigenvalue weighted by Crippen LogP contribution is 2.42. The van der Waals surface area contributed by atoms with Gasteiger partial charge in [-0.05, 0) is 59.3 Å². The van der Waals surface area contributed by atoms with E-state index in [0.717, 1.165) is 34.4 Å². The van der Waals surface area contributed by atoms with E-state index in [1.54, 1.807) is 0 Å². The van der Waals surface area contributed by atoms with Gasteiger partial charge in [0.25, 0.3) is 0 Å². The summed E-state index contributed by atoms with van der Waals surface area (Å²) in [4.78, 5) is 4.50. The molecule has 1 unspecified atom stereocenters. The first-order valence-corrected chi connectivity index (χ1v) is 7.68. The van der Waals surface area contributed by atoms with Gasteiger partial charge in [0.15, 0.2) is 0 Å². The maximum atomic E-state index is 10.4. The minimum Gasteiger partial charge on any atom is -0.388 e. The van der Waals surface area contributed by atoms with Crippen molar-refractivity contribution in [2.75, 3.05) is 0 Å². The van der Waals surface area contributed by atoms with Crippen molar-refractivity contribution >= 4 is 15.9 Å². The standard InChI is InChI=1S/C16H19BrN2O/c1-10-6-12-13(7-16(2,3)8-14(12)20)19(10)15-5-4-11(17)9-18-15/h4-6,9,14,20H,7-8H2,1-3H3. The SMILES string of the molecule is Cc1cc2c(n1-c1ccc(Br)cn1)CC(C)(C)CC2O. The number of halogens is 1. The van der Waals surface area contributed by atoms with Crippen LogP contribution < -0.4 is 0 Å². The summed E-state index contributed by atoms with van der Waals surface area (Å²) in [5, 5.41) is 10.4. The molecule has 3 nitrogen and oxygen atoms in total. The fourth-order valence-electron chi connectivity index (χ4n) is 3.16. The Morgan fingerprint density at radius 1 is 1.40 bits per heavy atom. The van der Waals surface area contributed by atoms with Gasteiger partial charge in [0.05, 0.1) is 6.10 Å². The van der Waals surface area contributed by atoms with Crippen molar-refractivity contribution < 1.29 is 5.11 Å². The van der Waals surface area contributed by atoms with E-state index >= 15 is 0 Å². The van der Waals surface area contributed by atoms with Crippen molar-refractivity contribution in [1.29, 1.82) is 0 Å². The number of hydrogen-bond acceptors (Lipinski definition) is 2. The van der Waals surface area contributed by atoms with Gasteiger partial charge >= 0.3 is 0 Å². The van der Waals surface area contributed by atoms with Gasteiger partial charge in [-0.2, -0.15) is 0 Å². The number of hydrogen-bond donors (Lipinski definition) is 1. The Balaban J connectivity index is 2.16. The van der Waals surface area contributed by atoms with E-state index in [4.69, 9.17) is 0 Å². The Morgan fingerprint density at radius 3 is 2.80 bits per heavy atom. The van der Waals surface area contributed by atoms with Crippen molar-refractivity contribution in [3.8, 4) is 5.82 Å². The summed E-state index contributed by atoms with van der Waals surface area (Å²) in [5.74, 6) is 0.914. The Morgan fingerprint density at radius 2 is 2.15 bits per heavy atom. The maximum absolute atomic E-state index is 10.4. The van der Waals surface area contributed by atoms with Crippen LogP contribution in [-0.4, -0.2) is 14.7 Å².